The fourth-order valence-electron chi connectivity index (χ4n) is 4.06. The van der Waals surface area contributed by atoms with Gasteiger partial charge in [-0.25, -0.2) is 0 Å². The van der Waals surface area contributed by atoms with Crippen LogP contribution >= 0.6 is 32.1 Å². The van der Waals surface area contributed by atoms with Gasteiger partial charge in [0.25, 0.3) is 0 Å². The second-order valence-corrected chi connectivity index (χ2v) is 15.0. The third-order valence-electron chi connectivity index (χ3n) is 6.12. The van der Waals surface area contributed by atoms with E-state index in [2.05, 4.69) is 0 Å². The maximum Gasteiger partial charge on any atom is 0.332 e. The highest BCUT2D eigenvalue weighted by atomic mass is 32.2. The summed E-state index contributed by atoms with van der Waals surface area (Å²) >= 11 is 2.42. The van der Waals surface area contributed by atoms with Crippen LogP contribution in [0.25, 0.3) is 0 Å². The van der Waals surface area contributed by atoms with E-state index in [0.29, 0.717) is 23.5 Å². The van der Waals surface area contributed by atoms with Gasteiger partial charge in [0.15, 0.2) is 22.2 Å². The Kier molecular flexibility index (Phi) is 12.7. The largest absolute Gasteiger partial charge is 0.366 e. The summed E-state index contributed by atoms with van der Waals surface area (Å²) < 4.78 is 36.5. The zero-order valence-corrected chi connectivity index (χ0v) is 27.4. The lowest BCUT2D eigenvalue weighted by molar-refractivity contribution is -0.201. The number of hydrogen-bond donors (Lipinski definition) is 1. The summed E-state index contributed by atoms with van der Waals surface area (Å²) in [6.07, 6.45) is 3.83. The predicted molar refractivity (Wildman–Crippen MR) is 159 cm³/mol. The Morgan fingerprint density at radius 3 is 2.34 bits per heavy atom. The van der Waals surface area contributed by atoms with Crippen LogP contribution in [-0.4, -0.2) is 82.7 Å². The van der Waals surface area contributed by atoms with Crippen molar-refractivity contribution < 1.29 is 42.2 Å². The number of nitrogens with zero attached hydrogens (tertiary/aromatic N) is 1. The lowest BCUT2D eigenvalue weighted by Crippen LogP contribution is -2.40. The molecule has 3 aliphatic rings. The van der Waals surface area contributed by atoms with Gasteiger partial charge in [0.2, 0.25) is 5.91 Å². The molecule has 1 amide bonds. The SMILES string of the molecule is CC(C)C(=O)SCCOP(OCCSC(=O)C(C)(C)C)OCC1OC(N2C=CCC(C(N)=O)=C2)C2OC(C)(C)OC12. The van der Waals surface area contributed by atoms with Gasteiger partial charge in [-0.2, -0.15) is 0 Å². The normalized spacial score (nSPS) is 26.2. The van der Waals surface area contributed by atoms with E-state index in [4.69, 9.17) is 33.5 Å². The van der Waals surface area contributed by atoms with E-state index in [1.165, 1.54) is 23.5 Å². The lowest BCUT2D eigenvalue weighted by atomic mass is 10.00. The molecular weight excluding hydrogens is 591 g/mol. The van der Waals surface area contributed by atoms with Crippen LogP contribution in [-0.2, 0) is 42.2 Å². The molecule has 3 aliphatic heterocycles. The molecular formula is C27H43N2O9PS2. The van der Waals surface area contributed by atoms with Crippen LogP contribution in [0.2, 0.25) is 0 Å². The molecule has 3 rings (SSSR count). The molecule has 0 radical (unpaired) electrons. The van der Waals surface area contributed by atoms with Crippen LogP contribution in [0.1, 0.15) is 54.9 Å². The second-order valence-electron chi connectivity index (χ2n) is 11.6. The smallest absolute Gasteiger partial charge is 0.332 e. The minimum atomic E-state index is -1.79. The summed E-state index contributed by atoms with van der Waals surface area (Å²) in [7, 11) is -1.79. The molecule has 0 spiro atoms. The number of allylic oxidation sites excluding steroid dienone is 1. The zero-order chi connectivity index (χ0) is 30.4. The fraction of sp³-hybridized carbons (Fsp3) is 0.741. The standard InChI is InChI=1S/C27H43N2O9PS2/c1-17(2)24(31)40-13-11-33-39(34-12-14-41-25(32)26(3,4)5)35-16-19-20-21(38-27(6,7)37-20)23(36-19)29-10-8-9-18(15-29)22(28)30/h8,10,15,17,19-21,23H,9,11-14,16H2,1-7H3,(H2,28,30). The van der Waals surface area contributed by atoms with E-state index in [1.54, 1.807) is 11.1 Å². The number of rotatable bonds is 14. The minimum Gasteiger partial charge on any atom is -0.366 e. The van der Waals surface area contributed by atoms with Crippen LogP contribution in [0.3, 0.4) is 0 Å². The zero-order valence-electron chi connectivity index (χ0n) is 24.8. The van der Waals surface area contributed by atoms with Gasteiger partial charge in [-0.15, -0.1) is 0 Å². The lowest BCUT2D eigenvalue weighted by Gasteiger charge is -2.31. The number of ether oxygens (including phenoxy) is 3. The van der Waals surface area contributed by atoms with Crippen molar-refractivity contribution >= 4 is 48.3 Å². The van der Waals surface area contributed by atoms with Crippen molar-refractivity contribution in [2.75, 3.05) is 31.3 Å². The summed E-state index contributed by atoms with van der Waals surface area (Å²) in [6, 6.07) is 0. The number of carbonyl (C=O) groups is 3. The van der Waals surface area contributed by atoms with Gasteiger partial charge in [0.05, 0.1) is 19.8 Å². The van der Waals surface area contributed by atoms with Gasteiger partial charge in [-0.05, 0) is 20.3 Å². The second kappa shape index (κ2) is 15.1. The summed E-state index contributed by atoms with van der Waals surface area (Å²) in [5, 5.41) is 0.170. The van der Waals surface area contributed by atoms with Gasteiger partial charge in [-0.3, -0.25) is 14.4 Å². The molecule has 5 atom stereocenters. The molecule has 2 fully saturated rings. The van der Waals surface area contributed by atoms with Crippen LogP contribution in [0.15, 0.2) is 24.0 Å². The Hall–Kier alpha value is -1.02. The van der Waals surface area contributed by atoms with Crippen molar-refractivity contribution in [3.8, 4) is 0 Å². The van der Waals surface area contributed by atoms with E-state index in [0.717, 1.165) is 0 Å². The topological polar surface area (TPSA) is 136 Å². The molecule has 11 nitrogen and oxygen atoms in total. The number of thioether (sulfide) groups is 2. The number of amides is 1. The van der Waals surface area contributed by atoms with Crippen LogP contribution in [0.5, 0.6) is 0 Å². The highest BCUT2D eigenvalue weighted by Gasteiger charge is 2.56. The monoisotopic (exact) mass is 634 g/mol. The fourth-order valence-corrected chi connectivity index (χ4v) is 6.77. The van der Waals surface area contributed by atoms with Gasteiger partial charge >= 0.3 is 8.60 Å². The first-order chi connectivity index (χ1) is 19.2. The maximum atomic E-state index is 12.3. The Balaban J connectivity index is 1.62. The Labute approximate surface area is 252 Å². The molecule has 0 bridgehead atoms. The molecule has 0 saturated carbocycles. The predicted octanol–water partition coefficient (Wildman–Crippen LogP) is 4.32. The van der Waals surface area contributed by atoms with Crippen LogP contribution in [0.4, 0.5) is 0 Å². The number of fused-ring (bicyclic) bond motifs is 1. The van der Waals surface area contributed by atoms with Gasteiger partial charge < -0.3 is 38.4 Å². The van der Waals surface area contributed by atoms with Gasteiger partial charge in [0.1, 0.15) is 18.3 Å². The number of carbonyl (C=O) groups excluding carboxylic acids is 3. The summed E-state index contributed by atoms with van der Waals surface area (Å²) in [6.45, 7) is 13.6. The number of primary amides is 1. The van der Waals surface area contributed by atoms with Crippen molar-refractivity contribution in [1.82, 2.24) is 4.90 Å². The van der Waals surface area contributed by atoms with E-state index in [-0.39, 0.29) is 36.0 Å². The summed E-state index contributed by atoms with van der Waals surface area (Å²) in [5.41, 5.74) is 5.53. The van der Waals surface area contributed by atoms with Crippen molar-refractivity contribution in [2.24, 2.45) is 17.1 Å². The highest BCUT2D eigenvalue weighted by molar-refractivity contribution is 8.14. The first-order valence-corrected chi connectivity index (χ1v) is 16.7. The van der Waals surface area contributed by atoms with E-state index < -0.39 is 50.3 Å². The molecule has 5 unspecified atom stereocenters. The van der Waals surface area contributed by atoms with Crippen molar-refractivity contribution in [2.45, 2.75) is 85.2 Å². The molecule has 14 heteroatoms. The third kappa shape index (κ3) is 10.3. The molecule has 3 heterocycles. The molecule has 2 N–H and O–H groups in total. The molecule has 2 saturated heterocycles. The molecule has 0 aromatic rings. The van der Waals surface area contributed by atoms with Crippen molar-refractivity contribution in [3.63, 3.8) is 0 Å². The minimum absolute atomic E-state index is 0.0617. The van der Waals surface area contributed by atoms with E-state index in [9.17, 15) is 14.4 Å². The number of nitrogens with two attached hydrogens (primary N) is 1. The van der Waals surface area contributed by atoms with Gasteiger partial charge in [-0.1, -0.05) is 64.2 Å². The first-order valence-electron chi connectivity index (χ1n) is 13.7. The van der Waals surface area contributed by atoms with E-state index in [1.807, 2.05) is 60.7 Å². The number of hydrogen-bond acceptors (Lipinski definition) is 12. The third-order valence-corrected chi connectivity index (χ3v) is 9.64. The average Bonchev–Trinajstić information content (AvgIpc) is 3.38. The Morgan fingerprint density at radius 1 is 1.10 bits per heavy atom. The Morgan fingerprint density at radius 2 is 1.73 bits per heavy atom. The molecule has 0 aromatic carbocycles. The quantitative estimate of drug-likeness (QED) is 0.215. The summed E-state index contributed by atoms with van der Waals surface area (Å²) in [4.78, 5) is 37.7. The van der Waals surface area contributed by atoms with Crippen LogP contribution in [0, 0.1) is 11.3 Å². The average molecular weight is 635 g/mol. The van der Waals surface area contributed by atoms with Crippen LogP contribution < -0.4 is 5.73 Å². The van der Waals surface area contributed by atoms with Crippen molar-refractivity contribution in [1.29, 1.82) is 0 Å². The highest BCUT2D eigenvalue weighted by Crippen LogP contribution is 2.44. The van der Waals surface area contributed by atoms with E-state index >= 15 is 0 Å². The molecule has 0 aliphatic carbocycles. The molecule has 0 aromatic heterocycles. The molecule has 232 valence electrons. The Bertz CT molecular complexity index is 1000. The first kappa shape index (κ1) is 34.5. The maximum absolute atomic E-state index is 12.3. The molecule has 41 heavy (non-hydrogen) atoms. The van der Waals surface area contributed by atoms with Crippen molar-refractivity contribution in [3.05, 3.63) is 24.0 Å². The summed E-state index contributed by atoms with van der Waals surface area (Å²) in [5.74, 6) is -0.467. The van der Waals surface area contributed by atoms with Gasteiger partial charge in [0, 0.05) is 40.8 Å².